The van der Waals surface area contributed by atoms with E-state index in [-0.39, 0.29) is 5.91 Å². The zero-order chi connectivity index (χ0) is 22.7. The van der Waals surface area contributed by atoms with Crippen molar-refractivity contribution in [1.82, 2.24) is 14.8 Å². The van der Waals surface area contributed by atoms with Gasteiger partial charge in [-0.3, -0.25) is 14.7 Å². The highest BCUT2D eigenvalue weighted by Gasteiger charge is 2.23. The van der Waals surface area contributed by atoms with Gasteiger partial charge in [0.1, 0.15) is 0 Å². The summed E-state index contributed by atoms with van der Waals surface area (Å²) < 4.78 is 10.7. The molecule has 0 bridgehead atoms. The van der Waals surface area contributed by atoms with Gasteiger partial charge in [-0.25, -0.2) is 0 Å². The van der Waals surface area contributed by atoms with Crippen molar-refractivity contribution in [2.24, 2.45) is 0 Å². The summed E-state index contributed by atoms with van der Waals surface area (Å²) >= 11 is 0. The smallest absolute Gasteiger partial charge is 0.227 e. The van der Waals surface area contributed by atoms with Gasteiger partial charge in [0.15, 0.2) is 11.5 Å². The summed E-state index contributed by atoms with van der Waals surface area (Å²) in [6.45, 7) is 8.12. The maximum absolute atomic E-state index is 13.1. The van der Waals surface area contributed by atoms with Gasteiger partial charge in [-0.15, -0.1) is 0 Å². The number of para-hydroxylation sites is 1. The van der Waals surface area contributed by atoms with Gasteiger partial charge in [0.25, 0.3) is 0 Å². The molecule has 3 aromatic rings. The first-order valence-corrected chi connectivity index (χ1v) is 11.1. The van der Waals surface area contributed by atoms with Crippen molar-refractivity contribution in [2.75, 3.05) is 40.4 Å². The highest BCUT2D eigenvalue weighted by Crippen LogP contribution is 2.28. The lowest BCUT2D eigenvalue weighted by Crippen LogP contribution is -2.48. The van der Waals surface area contributed by atoms with E-state index < -0.39 is 0 Å². The number of piperazine rings is 1. The third kappa shape index (κ3) is 4.55. The van der Waals surface area contributed by atoms with Crippen molar-refractivity contribution >= 4 is 16.8 Å². The fraction of sp³-hybridized carbons (Fsp3) is 0.385. The fourth-order valence-corrected chi connectivity index (χ4v) is 4.49. The van der Waals surface area contributed by atoms with Gasteiger partial charge in [-0.1, -0.05) is 24.3 Å². The third-order valence-electron chi connectivity index (χ3n) is 6.39. The second-order valence-corrected chi connectivity index (χ2v) is 8.34. The molecule has 0 unspecified atom stereocenters. The quantitative estimate of drug-likeness (QED) is 0.593. The molecule has 1 fully saturated rings. The lowest BCUT2D eigenvalue weighted by atomic mass is 9.99. The number of ether oxygens (including phenoxy) is 2. The molecular weight excluding hydrogens is 402 g/mol. The molecule has 6 nitrogen and oxygen atoms in total. The van der Waals surface area contributed by atoms with E-state index in [2.05, 4.69) is 24.0 Å². The van der Waals surface area contributed by atoms with Crippen LogP contribution in [-0.2, 0) is 17.8 Å². The minimum Gasteiger partial charge on any atom is -0.493 e. The zero-order valence-corrected chi connectivity index (χ0v) is 19.4. The van der Waals surface area contributed by atoms with E-state index in [0.717, 1.165) is 71.9 Å². The average Bonchev–Trinajstić information content (AvgIpc) is 2.82. The lowest BCUT2D eigenvalue weighted by molar-refractivity contribution is -0.132. The van der Waals surface area contributed by atoms with Crippen LogP contribution in [0.5, 0.6) is 11.5 Å². The Morgan fingerprint density at radius 1 is 0.969 bits per heavy atom. The molecule has 1 aromatic heterocycles. The number of hydrogen-bond donors (Lipinski definition) is 0. The normalized spacial score (nSPS) is 14.6. The van der Waals surface area contributed by atoms with E-state index in [9.17, 15) is 4.79 Å². The van der Waals surface area contributed by atoms with Crippen molar-refractivity contribution in [3.63, 3.8) is 0 Å². The molecule has 2 heterocycles. The Labute approximate surface area is 189 Å². The summed E-state index contributed by atoms with van der Waals surface area (Å²) in [6, 6.07) is 14.2. The molecule has 32 heavy (non-hydrogen) atoms. The predicted molar refractivity (Wildman–Crippen MR) is 126 cm³/mol. The van der Waals surface area contributed by atoms with Gasteiger partial charge in [-0.05, 0) is 48.7 Å². The fourth-order valence-electron chi connectivity index (χ4n) is 4.49. The van der Waals surface area contributed by atoms with Crippen LogP contribution >= 0.6 is 0 Å². The van der Waals surface area contributed by atoms with Crippen molar-refractivity contribution in [2.45, 2.75) is 26.8 Å². The minimum atomic E-state index is 0.180. The second kappa shape index (κ2) is 9.57. The number of amides is 1. The molecule has 0 atom stereocenters. The Hall–Kier alpha value is -3.12. The number of fused-ring (bicyclic) bond motifs is 1. The minimum absolute atomic E-state index is 0.180. The number of aromatic nitrogens is 1. The molecule has 168 valence electrons. The number of carbonyl (C=O) groups excluding carboxylic acids is 1. The lowest BCUT2D eigenvalue weighted by Gasteiger charge is -2.35. The molecule has 0 spiro atoms. The first kappa shape index (κ1) is 22.1. The van der Waals surface area contributed by atoms with E-state index >= 15 is 0 Å². The molecule has 4 rings (SSSR count). The van der Waals surface area contributed by atoms with Crippen LogP contribution in [0.25, 0.3) is 10.9 Å². The Kier molecular flexibility index (Phi) is 6.61. The Balaban J connectivity index is 1.38. The summed E-state index contributed by atoms with van der Waals surface area (Å²) in [5, 5.41) is 1.13. The highest BCUT2D eigenvalue weighted by molar-refractivity contribution is 5.86. The molecule has 1 amide bonds. The maximum atomic E-state index is 13.1. The van der Waals surface area contributed by atoms with Crippen LogP contribution in [-0.4, -0.2) is 61.1 Å². The van der Waals surface area contributed by atoms with Crippen LogP contribution in [0, 0.1) is 13.8 Å². The van der Waals surface area contributed by atoms with E-state index in [1.165, 1.54) is 5.56 Å². The van der Waals surface area contributed by atoms with Gasteiger partial charge in [0.05, 0.1) is 26.2 Å². The van der Waals surface area contributed by atoms with Crippen molar-refractivity contribution < 1.29 is 14.3 Å². The monoisotopic (exact) mass is 433 g/mol. The molecular formula is C26H31N3O3. The second-order valence-electron chi connectivity index (χ2n) is 8.34. The Morgan fingerprint density at radius 3 is 2.41 bits per heavy atom. The molecule has 0 radical (unpaired) electrons. The zero-order valence-electron chi connectivity index (χ0n) is 19.4. The van der Waals surface area contributed by atoms with Gasteiger partial charge < -0.3 is 14.4 Å². The average molecular weight is 434 g/mol. The van der Waals surface area contributed by atoms with Crippen molar-refractivity contribution in [3.05, 3.63) is 64.8 Å². The molecule has 2 aromatic carbocycles. The molecule has 1 aliphatic rings. The predicted octanol–water partition coefficient (Wildman–Crippen LogP) is 3.76. The Bertz CT molecular complexity index is 1120. The first-order chi connectivity index (χ1) is 15.5. The number of methoxy groups -OCH3 is 2. The molecule has 6 heteroatoms. The topological polar surface area (TPSA) is 54.9 Å². The first-order valence-electron chi connectivity index (χ1n) is 11.1. The van der Waals surface area contributed by atoms with Crippen LogP contribution in [0.1, 0.15) is 22.4 Å². The van der Waals surface area contributed by atoms with Crippen LogP contribution < -0.4 is 9.47 Å². The Morgan fingerprint density at radius 2 is 1.69 bits per heavy atom. The largest absolute Gasteiger partial charge is 0.493 e. The van der Waals surface area contributed by atoms with E-state index in [1.54, 1.807) is 14.2 Å². The number of pyridine rings is 1. The number of hydrogen-bond acceptors (Lipinski definition) is 5. The van der Waals surface area contributed by atoms with Gasteiger partial charge in [0, 0.05) is 43.8 Å². The van der Waals surface area contributed by atoms with E-state index in [1.807, 2.05) is 42.2 Å². The number of rotatable bonds is 6. The van der Waals surface area contributed by atoms with Crippen LogP contribution in [0.4, 0.5) is 0 Å². The maximum Gasteiger partial charge on any atom is 0.227 e. The third-order valence-corrected chi connectivity index (χ3v) is 6.39. The number of benzene rings is 2. The van der Waals surface area contributed by atoms with Gasteiger partial charge in [-0.2, -0.15) is 0 Å². The van der Waals surface area contributed by atoms with Crippen molar-refractivity contribution in [3.8, 4) is 11.5 Å². The SMILES string of the molecule is COc1ccc(CN2CCN(C(=O)Cc3c(C)nc4ccccc4c3C)CC2)cc1OC. The van der Waals surface area contributed by atoms with Crippen LogP contribution in [0.3, 0.4) is 0 Å². The van der Waals surface area contributed by atoms with Gasteiger partial charge in [0.2, 0.25) is 5.91 Å². The summed E-state index contributed by atoms with van der Waals surface area (Å²) in [5.41, 5.74) is 5.33. The standard InChI is InChI=1S/C26H31N3O3/c1-18-21-7-5-6-8-23(21)27-19(2)22(18)16-26(30)29-13-11-28(12-14-29)17-20-9-10-24(31-3)25(15-20)32-4/h5-10,15H,11-14,16-17H2,1-4H3. The summed E-state index contributed by atoms with van der Waals surface area (Å²) in [4.78, 5) is 22.2. The highest BCUT2D eigenvalue weighted by atomic mass is 16.5. The molecule has 0 N–H and O–H groups in total. The van der Waals surface area contributed by atoms with Crippen molar-refractivity contribution in [1.29, 1.82) is 0 Å². The van der Waals surface area contributed by atoms with Gasteiger partial charge >= 0.3 is 0 Å². The number of aryl methyl sites for hydroxylation is 2. The molecule has 1 saturated heterocycles. The van der Waals surface area contributed by atoms with E-state index in [4.69, 9.17) is 14.5 Å². The van der Waals surface area contributed by atoms with Crippen LogP contribution in [0.15, 0.2) is 42.5 Å². The summed E-state index contributed by atoms with van der Waals surface area (Å²) in [5.74, 6) is 1.66. The molecule has 1 aliphatic heterocycles. The van der Waals surface area contributed by atoms with E-state index in [0.29, 0.717) is 6.42 Å². The number of nitrogens with zero attached hydrogens (tertiary/aromatic N) is 3. The molecule has 0 aliphatic carbocycles. The van der Waals surface area contributed by atoms with Crippen LogP contribution in [0.2, 0.25) is 0 Å². The molecule has 0 saturated carbocycles. The number of carbonyl (C=O) groups is 1. The summed E-state index contributed by atoms with van der Waals surface area (Å²) in [6.07, 6.45) is 0.408. The summed E-state index contributed by atoms with van der Waals surface area (Å²) in [7, 11) is 3.30.